The van der Waals surface area contributed by atoms with Crippen molar-refractivity contribution >= 4 is 27.8 Å². The van der Waals surface area contributed by atoms with Crippen molar-refractivity contribution < 1.29 is 23.1 Å². The van der Waals surface area contributed by atoms with Crippen LogP contribution >= 0.6 is 0 Å². The third kappa shape index (κ3) is 3.70. The number of nitrogens with one attached hydrogen (secondary N) is 1. The number of hydrogen-bond donors (Lipinski definition) is 1. The highest BCUT2D eigenvalue weighted by Crippen LogP contribution is 2.34. The second-order valence-electron chi connectivity index (χ2n) is 7.81. The zero-order valence-electron chi connectivity index (χ0n) is 18.8. The first kappa shape index (κ1) is 21.5. The van der Waals surface area contributed by atoms with E-state index in [4.69, 9.17) is 18.3 Å². The molecule has 0 fully saturated rings. The van der Waals surface area contributed by atoms with Crippen molar-refractivity contribution in [2.45, 2.75) is 33.7 Å². The van der Waals surface area contributed by atoms with Crippen LogP contribution in [0.25, 0.3) is 21.9 Å². The fraction of sp³-hybridized carbons (Fsp3) is 0.280. The lowest BCUT2D eigenvalue weighted by atomic mass is 9.98. The minimum Gasteiger partial charge on any atom is -0.497 e. The van der Waals surface area contributed by atoms with E-state index in [9.17, 15) is 9.59 Å². The topological polar surface area (TPSA) is 90.9 Å². The number of carbonyl (C=O) groups excluding carboxylic acids is 1. The zero-order chi connectivity index (χ0) is 23.0. The zero-order valence-corrected chi connectivity index (χ0v) is 18.8. The molecular weight excluding hydrogens is 410 g/mol. The van der Waals surface area contributed by atoms with Crippen molar-refractivity contribution in [1.29, 1.82) is 0 Å². The van der Waals surface area contributed by atoms with Gasteiger partial charge in [0.15, 0.2) is 0 Å². The second kappa shape index (κ2) is 8.42. The fourth-order valence-corrected chi connectivity index (χ4v) is 4.09. The average Bonchev–Trinajstić information content (AvgIpc) is 3.16. The van der Waals surface area contributed by atoms with Crippen LogP contribution in [0, 0.1) is 20.8 Å². The first-order chi connectivity index (χ1) is 15.3. The smallest absolute Gasteiger partial charge is 0.340 e. The normalized spacial score (nSPS) is 11.2. The van der Waals surface area contributed by atoms with Gasteiger partial charge in [0.1, 0.15) is 22.7 Å². The lowest BCUT2D eigenvalue weighted by Gasteiger charge is -2.12. The van der Waals surface area contributed by atoms with Gasteiger partial charge >= 0.3 is 5.63 Å². The number of carbonyl (C=O) groups is 1. The number of ether oxygens (including phenoxy) is 2. The molecule has 166 valence electrons. The van der Waals surface area contributed by atoms with Crippen molar-refractivity contribution in [2.24, 2.45) is 0 Å². The van der Waals surface area contributed by atoms with Crippen LogP contribution in [0.1, 0.15) is 27.8 Å². The molecule has 0 aliphatic heterocycles. The number of methoxy groups -OCH3 is 2. The molecule has 0 aliphatic carbocycles. The van der Waals surface area contributed by atoms with Crippen molar-refractivity contribution in [3.05, 3.63) is 68.8 Å². The molecule has 4 aromatic rings. The van der Waals surface area contributed by atoms with Gasteiger partial charge in [0, 0.05) is 23.6 Å². The molecule has 1 N–H and O–H groups in total. The molecule has 0 spiro atoms. The van der Waals surface area contributed by atoms with Crippen LogP contribution in [0.3, 0.4) is 0 Å². The molecule has 7 heteroatoms. The van der Waals surface area contributed by atoms with Crippen molar-refractivity contribution in [2.75, 3.05) is 14.2 Å². The summed E-state index contributed by atoms with van der Waals surface area (Å²) in [6.45, 7) is 6.00. The van der Waals surface area contributed by atoms with Crippen LogP contribution in [-0.2, 0) is 17.8 Å². The minimum absolute atomic E-state index is 0.0996. The highest BCUT2D eigenvalue weighted by atomic mass is 16.5. The Kier molecular flexibility index (Phi) is 5.65. The van der Waals surface area contributed by atoms with E-state index in [0.29, 0.717) is 33.8 Å². The van der Waals surface area contributed by atoms with Crippen molar-refractivity contribution in [3.63, 3.8) is 0 Å². The maximum atomic E-state index is 12.7. The quantitative estimate of drug-likeness (QED) is 0.453. The van der Waals surface area contributed by atoms with Gasteiger partial charge in [0.25, 0.3) is 0 Å². The minimum atomic E-state index is -0.519. The average molecular weight is 435 g/mol. The summed E-state index contributed by atoms with van der Waals surface area (Å²) in [5.74, 6) is 0.977. The molecule has 32 heavy (non-hydrogen) atoms. The molecule has 4 rings (SSSR count). The summed E-state index contributed by atoms with van der Waals surface area (Å²) in [6.07, 6.45) is 1.59. The summed E-state index contributed by atoms with van der Waals surface area (Å²) in [7, 11) is 3.13. The number of fused-ring (bicyclic) bond motifs is 3. The number of rotatable bonds is 6. The molecule has 0 bridgehead atoms. The Hall–Kier alpha value is -3.74. The van der Waals surface area contributed by atoms with Gasteiger partial charge in [0.05, 0.1) is 37.9 Å². The summed E-state index contributed by atoms with van der Waals surface area (Å²) >= 11 is 0. The van der Waals surface area contributed by atoms with Gasteiger partial charge in [-0.25, -0.2) is 4.79 Å². The molecule has 0 atom stereocenters. The number of aryl methyl sites for hydroxylation is 3. The van der Waals surface area contributed by atoms with E-state index >= 15 is 0 Å². The molecule has 2 heterocycles. The second-order valence-corrected chi connectivity index (χ2v) is 7.81. The summed E-state index contributed by atoms with van der Waals surface area (Å²) in [6, 6.07) is 7.22. The Morgan fingerprint density at radius 2 is 1.81 bits per heavy atom. The highest BCUT2D eigenvalue weighted by Gasteiger charge is 2.20. The van der Waals surface area contributed by atoms with E-state index in [1.165, 1.54) is 0 Å². The monoisotopic (exact) mass is 435 g/mol. The van der Waals surface area contributed by atoms with Crippen LogP contribution in [0.15, 0.2) is 44.2 Å². The van der Waals surface area contributed by atoms with Crippen molar-refractivity contribution in [3.8, 4) is 11.5 Å². The predicted molar refractivity (Wildman–Crippen MR) is 122 cm³/mol. The van der Waals surface area contributed by atoms with Gasteiger partial charge in [0.2, 0.25) is 5.91 Å². The molecule has 0 saturated carbocycles. The lowest BCUT2D eigenvalue weighted by molar-refractivity contribution is -0.120. The number of hydrogen-bond acceptors (Lipinski definition) is 6. The number of benzene rings is 2. The largest absolute Gasteiger partial charge is 0.497 e. The van der Waals surface area contributed by atoms with E-state index in [2.05, 4.69) is 5.32 Å². The third-order valence-electron chi connectivity index (χ3n) is 5.77. The van der Waals surface area contributed by atoms with Gasteiger partial charge in [-0.1, -0.05) is 0 Å². The van der Waals surface area contributed by atoms with E-state index < -0.39 is 5.63 Å². The Morgan fingerprint density at radius 1 is 1.03 bits per heavy atom. The molecule has 2 aromatic heterocycles. The Labute approximate surface area is 184 Å². The molecule has 0 aliphatic rings. The Morgan fingerprint density at radius 3 is 2.53 bits per heavy atom. The van der Waals surface area contributed by atoms with E-state index in [1.54, 1.807) is 32.6 Å². The van der Waals surface area contributed by atoms with Crippen LogP contribution in [-0.4, -0.2) is 20.1 Å². The van der Waals surface area contributed by atoms with E-state index in [1.807, 2.05) is 32.9 Å². The summed E-state index contributed by atoms with van der Waals surface area (Å²) in [5.41, 5.74) is 4.39. The summed E-state index contributed by atoms with van der Waals surface area (Å²) < 4.78 is 21.9. The van der Waals surface area contributed by atoms with E-state index in [0.717, 1.165) is 27.5 Å². The maximum absolute atomic E-state index is 12.7. The third-order valence-corrected chi connectivity index (χ3v) is 5.77. The molecule has 0 unspecified atom stereocenters. The Bertz CT molecular complexity index is 1400. The molecule has 0 saturated heterocycles. The first-order valence-corrected chi connectivity index (χ1v) is 10.2. The van der Waals surface area contributed by atoms with Crippen LogP contribution in [0.5, 0.6) is 11.5 Å². The lowest BCUT2D eigenvalue weighted by Crippen LogP contribution is -2.27. The summed E-state index contributed by atoms with van der Waals surface area (Å²) in [5, 5.41) is 4.57. The predicted octanol–water partition coefficient (Wildman–Crippen LogP) is 4.34. The SMILES string of the molecule is COc1ccc(CNC(=O)Cc2c(C)c3c(cc(C)c4c(C)coc43)oc2=O)c(OC)c1. The highest BCUT2D eigenvalue weighted by molar-refractivity contribution is 6.07. The van der Waals surface area contributed by atoms with Crippen LogP contribution in [0.4, 0.5) is 0 Å². The molecular formula is C25H25NO6. The molecule has 0 radical (unpaired) electrons. The Balaban J connectivity index is 1.63. The standard InChI is InChI=1S/C25H25NO6/c1-13-8-20-23(24-22(13)14(2)12-31-24)15(3)18(25(28)32-20)10-21(27)26-11-16-6-7-17(29-4)9-19(16)30-5/h6-9,12H,10-11H2,1-5H3,(H,26,27). The number of amides is 1. The van der Waals surface area contributed by atoms with Gasteiger partial charge in [-0.3, -0.25) is 4.79 Å². The molecule has 1 amide bonds. The number of furan rings is 1. The molecule has 2 aromatic carbocycles. The van der Waals surface area contributed by atoms with Gasteiger partial charge in [-0.2, -0.15) is 0 Å². The molecule has 7 nitrogen and oxygen atoms in total. The van der Waals surface area contributed by atoms with Crippen LogP contribution in [0.2, 0.25) is 0 Å². The first-order valence-electron chi connectivity index (χ1n) is 10.2. The van der Waals surface area contributed by atoms with Crippen LogP contribution < -0.4 is 20.4 Å². The van der Waals surface area contributed by atoms with Crippen molar-refractivity contribution in [1.82, 2.24) is 5.32 Å². The van der Waals surface area contributed by atoms with Gasteiger partial charge in [-0.15, -0.1) is 0 Å². The fourth-order valence-electron chi connectivity index (χ4n) is 4.09. The van der Waals surface area contributed by atoms with Gasteiger partial charge in [-0.05, 0) is 55.7 Å². The van der Waals surface area contributed by atoms with E-state index in [-0.39, 0.29) is 18.9 Å². The maximum Gasteiger partial charge on any atom is 0.340 e. The van der Waals surface area contributed by atoms with Gasteiger partial charge < -0.3 is 23.6 Å². The summed E-state index contributed by atoms with van der Waals surface area (Å²) in [4.78, 5) is 25.4.